The molecule has 0 saturated carbocycles. The Morgan fingerprint density at radius 2 is 2.00 bits per heavy atom. The van der Waals surface area contributed by atoms with Crippen molar-refractivity contribution in [2.45, 2.75) is 12.3 Å². The minimum Gasteiger partial charge on any atom is -0.462 e. The van der Waals surface area contributed by atoms with Crippen LogP contribution >= 0.6 is 27.3 Å². The van der Waals surface area contributed by atoms with E-state index in [0.717, 1.165) is 16.5 Å². The van der Waals surface area contributed by atoms with Gasteiger partial charge in [0.25, 0.3) is 0 Å². The molecule has 4 heteroatoms. The average molecular weight is 325 g/mol. The lowest BCUT2D eigenvalue weighted by Crippen LogP contribution is -2.03. The molecule has 0 bridgehead atoms. The molecule has 1 heterocycles. The third-order valence-corrected chi connectivity index (χ3v) is 4.09. The van der Waals surface area contributed by atoms with E-state index >= 15 is 0 Å². The first-order valence-electron chi connectivity index (χ1n) is 5.66. The summed E-state index contributed by atoms with van der Waals surface area (Å²) in [5, 5.41) is 2.75. The van der Waals surface area contributed by atoms with Gasteiger partial charge in [0.1, 0.15) is 4.88 Å². The van der Waals surface area contributed by atoms with Crippen LogP contribution in [0.1, 0.15) is 22.2 Å². The molecule has 2 rings (SSSR count). The molecule has 2 nitrogen and oxygen atoms in total. The number of ether oxygens (including phenoxy) is 1. The molecular weight excluding hydrogens is 312 g/mol. The fraction of sp³-hybridized carbons (Fsp3) is 0.214. The molecule has 2 aromatic rings. The van der Waals surface area contributed by atoms with E-state index in [9.17, 15) is 4.79 Å². The zero-order valence-electron chi connectivity index (χ0n) is 9.98. The first-order valence-corrected chi connectivity index (χ1v) is 7.66. The molecule has 0 N–H and O–H groups in total. The second-order valence-corrected chi connectivity index (χ2v) is 5.19. The normalized spacial score (nSPS) is 10.3. The zero-order valence-corrected chi connectivity index (χ0v) is 12.4. The van der Waals surface area contributed by atoms with Crippen LogP contribution in [0.25, 0.3) is 11.1 Å². The number of esters is 1. The highest BCUT2D eigenvalue weighted by Crippen LogP contribution is 2.29. The third-order valence-electron chi connectivity index (χ3n) is 2.55. The van der Waals surface area contributed by atoms with Crippen molar-refractivity contribution in [3.05, 3.63) is 46.2 Å². The number of benzene rings is 1. The Balaban J connectivity index is 2.32. The van der Waals surface area contributed by atoms with Crippen molar-refractivity contribution < 1.29 is 9.53 Å². The van der Waals surface area contributed by atoms with E-state index in [1.807, 2.05) is 30.5 Å². The van der Waals surface area contributed by atoms with E-state index < -0.39 is 0 Å². The molecule has 0 aliphatic carbocycles. The van der Waals surface area contributed by atoms with Crippen molar-refractivity contribution in [1.82, 2.24) is 0 Å². The summed E-state index contributed by atoms with van der Waals surface area (Å²) in [4.78, 5) is 12.5. The minimum absolute atomic E-state index is 0.243. The number of thiophene rings is 1. The number of hydrogen-bond acceptors (Lipinski definition) is 3. The summed E-state index contributed by atoms with van der Waals surface area (Å²) in [5.41, 5.74) is 3.20. The van der Waals surface area contributed by atoms with E-state index in [-0.39, 0.29) is 5.97 Å². The summed E-state index contributed by atoms with van der Waals surface area (Å²) < 4.78 is 5.06. The summed E-state index contributed by atoms with van der Waals surface area (Å²) in [7, 11) is 0. The Labute approximate surface area is 119 Å². The second kappa shape index (κ2) is 6.16. The van der Waals surface area contributed by atoms with E-state index in [1.54, 1.807) is 0 Å². The van der Waals surface area contributed by atoms with Crippen LogP contribution in [0, 0.1) is 0 Å². The first-order chi connectivity index (χ1) is 8.76. The van der Waals surface area contributed by atoms with Crippen LogP contribution in [0.15, 0.2) is 35.7 Å². The van der Waals surface area contributed by atoms with Crippen molar-refractivity contribution in [1.29, 1.82) is 0 Å². The maximum Gasteiger partial charge on any atom is 0.348 e. The second-order valence-electron chi connectivity index (χ2n) is 3.71. The minimum atomic E-state index is -0.243. The fourth-order valence-electron chi connectivity index (χ4n) is 1.66. The van der Waals surface area contributed by atoms with Gasteiger partial charge in [0.2, 0.25) is 0 Å². The number of carbonyl (C=O) groups is 1. The molecule has 1 aromatic heterocycles. The molecule has 0 saturated heterocycles. The van der Waals surface area contributed by atoms with Crippen LogP contribution in [0.5, 0.6) is 0 Å². The Morgan fingerprint density at radius 3 is 2.61 bits per heavy atom. The highest BCUT2D eigenvalue weighted by Gasteiger charge is 2.15. The smallest absolute Gasteiger partial charge is 0.348 e. The molecular formula is C14H13BrO2S. The molecule has 0 atom stereocenters. The zero-order chi connectivity index (χ0) is 13.0. The summed E-state index contributed by atoms with van der Waals surface area (Å²) >= 11 is 4.84. The SMILES string of the molecule is CCOC(=O)c1sccc1-c1ccc(CBr)cc1. The first kappa shape index (κ1) is 13.3. The van der Waals surface area contributed by atoms with Crippen LogP contribution in [0.4, 0.5) is 0 Å². The monoisotopic (exact) mass is 324 g/mol. The summed E-state index contributed by atoms with van der Waals surface area (Å²) in [6, 6.07) is 10.1. The van der Waals surface area contributed by atoms with Gasteiger partial charge in [-0.25, -0.2) is 4.79 Å². The molecule has 0 spiro atoms. The van der Waals surface area contributed by atoms with Crippen molar-refractivity contribution >= 4 is 33.2 Å². The lowest BCUT2D eigenvalue weighted by Gasteiger charge is -2.04. The van der Waals surface area contributed by atoms with Crippen molar-refractivity contribution in [2.75, 3.05) is 6.61 Å². The van der Waals surface area contributed by atoms with Gasteiger partial charge in [0.05, 0.1) is 6.61 Å². The molecule has 18 heavy (non-hydrogen) atoms. The molecule has 0 unspecified atom stereocenters. The van der Waals surface area contributed by atoms with Crippen molar-refractivity contribution in [3.63, 3.8) is 0 Å². The largest absolute Gasteiger partial charge is 0.462 e. The summed E-state index contributed by atoms with van der Waals surface area (Å²) in [6.07, 6.45) is 0. The summed E-state index contributed by atoms with van der Waals surface area (Å²) in [5.74, 6) is -0.243. The van der Waals surface area contributed by atoms with Crippen LogP contribution in [-0.2, 0) is 10.1 Å². The molecule has 0 amide bonds. The molecule has 1 aromatic carbocycles. The van der Waals surface area contributed by atoms with Gasteiger partial charge < -0.3 is 4.74 Å². The number of hydrogen-bond donors (Lipinski definition) is 0. The molecule has 0 fully saturated rings. The van der Waals surface area contributed by atoms with Crippen LogP contribution in [0.3, 0.4) is 0 Å². The lowest BCUT2D eigenvalue weighted by molar-refractivity contribution is 0.0533. The van der Waals surface area contributed by atoms with Gasteiger partial charge in [0, 0.05) is 10.9 Å². The quantitative estimate of drug-likeness (QED) is 0.612. The van der Waals surface area contributed by atoms with Crippen LogP contribution < -0.4 is 0 Å². The predicted molar refractivity (Wildman–Crippen MR) is 78.3 cm³/mol. The van der Waals surface area contributed by atoms with Gasteiger partial charge >= 0.3 is 5.97 Å². The molecule has 0 aliphatic rings. The Morgan fingerprint density at radius 1 is 1.28 bits per heavy atom. The Kier molecular flexibility index (Phi) is 4.55. The molecule has 0 radical (unpaired) electrons. The van der Waals surface area contributed by atoms with Crippen LogP contribution in [0.2, 0.25) is 0 Å². The number of rotatable bonds is 4. The molecule has 0 aliphatic heterocycles. The number of halogens is 1. The highest BCUT2D eigenvalue weighted by molar-refractivity contribution is 9.08. The maximum atomic E-state index is 11.8. The number of alkyl halides is 1. The van der Waals surface area contributed by atoms with Gasteiger partial charge in [-0.1, -0.05) is 40.2 Å². The van der Waals surface area contributed by atoms with E-state index in [4.69, 9.17) is 4.74 Å². The van der Waals surface area contributed by atoms with Gasteiger partial charge in [-0.3, -0.25) is 0 Å². The van der Waals surface area contributed by atoms with Crippen molar-refractivity contribution in [3.8, 4) is 11.1 Å². The topological polar surface area (TPSA) is 26.3 Å². The van der Waals surface area contributed by atoms with Gasteiger partial charge in [-0.05, 0) is 29.5 Å². The predicted octanol–water partition coefficient (Wildman–Crippen LogP) is 4.49. The highest BCUT2D eigenvalue weighted by atomic mass is 79.9. The maximum absolute atomic E-state index is 11.8. The van der Waals surface area contributed by atoms with E-state index in [0.29, 0.717) is 11.5 Å². The van der Waals surface area contributed by atoms with E-state index in [1.165, 1.54) is 16.9 Å². The average Bonchev–Trinajstić information content (AvgIpc) is 2.88. The third kappa shape index (κ3) is 2.82. The lowest BCUT2D eigenvalue weighted by atomic mass is 10.1. The van der Waals surface area contributed by atoms with Crippen LogP contribution in [-0.4, -0.2) is 12.6 Å². The van der Waals surface area contributed by atoms with E-state index in [2.05, 4.69) is 28.1 Å². The van der Waals surface area contributed by atoms with Gasteiger partial charge in [-0.2, -0.15) is 0 Å². The molecule has 94 valence electrons. The summed E-state index contributed by atoms with van der Waals surface area (Å²) in [6.45, 7) is 2.22. The Hall–Kier alpha value is -1.13. The fourth-order valence-corrected chi connectivity index (χ4v) is 2.85. The standard InChI is InChI=1S/C14H13BrO2S/c1-2-17-14(16)13-12(7-8-18-13)11-5-3-10(9-15)4-6-11/h3-8H,2,9H2,1H3. The van der Waals surface area contributed by atoms with Gasteiger partial charge in [-0.15, -0.1) is 11.3 Å². The van der Waals surface area contributed by atoms with Crippen molar-refractivity contribution in [2.24, 2.45) is 0 Å². The Bertz CT molecular complexity index is 531. The van der Waals surface area contributed by atoms with Gasteiger partial charge in [0.15, 0.2) is 0 Å². The number of carbonyl (C=O) groups excluding carboxylic acids is 1.